The average molecular weight is 482 g/mol. The summed E-state index contributed by atoms with van der Waals surface area (Å²) >= 11 is 0. The summed E-state index contributed by atoms with van der Waals surface area (Å²) in [6.45, 7) is 5.88. The zero-order chi connectivity index (χ0) is 24.9. The molecule has 1 aromatic heterocycles. The fourth-order valence-corrected chi connectivity index (χ4v) is 4.21. The Kier molecular flexibility index (Phi) is 6.70. The van der Waals surface area contributed by atoms with E-state index in [0.29, 0.717) is 18.2 Å². The highest BCUT2D eigenvalue weighted by Crippen LogP contribution is 2.24. The van der Waals surface area contributed by atoms with E-state index in [2.05, 4.69) is 27.0 Å². The van der Waals surface area contributed by atoms with E-state index < -0.39 is 0 Å². The van der Waals surface area contributed by atoms with E-state index in [1.807, 2.05) is 66.8 Å². The van der Waals surface area contributed by atoms with Crippen molar-refractivity contribution in [3.63, 3.8) is 0 Å². The summed E-state index contributed by atoms with van der Waals surface area (Å²) in [6.07, 6.45) is 5.96. The second kappa shape index (κ2) is 10.4. The van der Waals surface area contributed by atoms with Crippen LogP contribution in [0.25, 0.3) is 12.2 Å². The maximum absolute atomic E-state index is 10.9. The number of rotatable bonds is 6. The third-order valence-corrected chi connectivity index (χ3v) is 6.12. The minimum Gasteiger partial charge on any atom is -0.368 e. The first-order valence-corrected chi connectivity index (χ1v) is 11.9. The Hall–Kier alpha value is -4.53. The summed E-state index contributed by atoms with van der Waals surface area (Å²) in [5.41, 5.74) is 3.37. The molecular formula is C27H27N7O2. The molecule has 0 atom stereocenters. The number of hydrogen-bond donors (Lipinski definition) is 1. The summed E-state index contributed by atoms with van der Waals surface area (Å²) in [5.74, 6) is 2.98. The molecule has 0 spiro atoms. The zero-order valence-corrected chi connectivity index (χ0v) is 20.0. The Labute approximate surface area is 209 Å². The number of benzene rings is 2. The van der Waals surface area contributed by atoms with Crippen LogP contribution in [-0.4, -0.2) is 53.5 Å². The first kappa shape index (κ1) is 23.2. The molecule has 3 aromatic rings. The van der Waals surface area contributed by atoms with Crippen molar-refractivity contribution >= 4 is 41.0 Å². The van der Waals surface area contributed by atoms with Crippen molar-refractivity contribution in [1.82, 2.24) is 9.97 Å². The molecule has 2 aromatic carbocycles. The third kappa shape index (κ3) is 5.57. The van der Waals surface area contributed by atoms with Gasteiger partial charge in [-0.25, -0.2) is 9.97 Å². The Morgan fingerprint density at radius 1 is 0.944 bits per heavy atom. The lowest BCUT2D eigenvalue weighted by atomic mass is 10.2. The van der Waals surface area contributed by atoms with Crippen molar-refractivity contribution in [2.24, 2.45) is 4.99 Å². The number of piperazine rings is 1. The highest BCUT2D eigenvalue weighted by Gasteiger charge is 2.20. The van der Waals surface area contributed by atoms with Crippen molar-refractivity contribution in [3.05, 3.63) is 93.8 Å². The van der Waals surface area contributed by atoms with Gasteiger partial charge in [-0.3, -0.25) is 15.1 Å². The normalized spacial score (nSPS) is 15.7. The van der Waals surface area contributed by atoms with Crippen LogP contribution >= 0.6 is 0 Å². The molecule has 0 unspecified atom stereocenters. The van der Waals surface area contributed by atoms with Crippen LogP contribution in [0.2, 0.25) is 0 Å². The minimum atomic E-state index is -0.374. The molecule has 3 heterocycles. The summed E-state index contributed by atoms with van der Waals surface area (Å²) in [4.78, 5) is 29.1. The Morgan fingerprint density at radius 2 is 1.67 bits per heavy atom. The summed E-state index contributed by atoms with van der Waals surface area (Å²) in [5, 5.41) is 14.3. The van der Waals surface area contributed by atoms with Gasteiger partial charge in [0.05, 0.1) is 11.5 Å². The van der Waals surface area contributed by atoms with E-state index in [1.165, 1.54) is 5.57 Å². The van der Waals surface area contributed by atoms with Crippen LogP contribution in [-0.2, 0) is 0 Å². The quantitative estimate of drug-likeness (QED) is 0.404. The molecule has 182 valence electrons. The molecule has 0 aliphatic carbocycles. The topological polar surface area (TPSA) is 99.8 Å². The second-order valence-electron chi connectivity index (χ2n) is 8.78. The van der Waals surface area contributed by atoms with Gasteiger partial charge in [-0.2, -0.15) is 0 Å². The van der Waals surface area contributed by atoms with Gasteiger partial charge in [0.25, 0.3) is 5.69 Å². The van der Waals surface area contributed by atoms with Crippen LogP contribution in [0, 0.1) is 10.1 Å². The molecule has 9 nitrogen and oxygen atoms in total. The van der Waals surface area contributed by atoms with Crippen LogP contribution in [0.4, 0.5) is 23.0 Å². The van der Waals surface area contributed by atoms with E-state index in [9.17, 15) is 10.1 Å². The maximum atomic E-state index is 10.9. The number of nitrogens with one attached hydrogen (secondary N) is 1. The molecule has 1 fully saturated rings. The van der Waals surface area contributed by atoms with Crippen molar-refractivity contribution in [2.45, 2.75) is 6.92 Å². The minimum absolute atomic E-state index is 0.103. The molecular weight excluding hydrogens is 454 g/mol. The number of aliphatic imine (C=N–C) groups is 1. The van der Waals surface area contributed by atoms with Crippen molar-refractivity contribution in [2.75, 3.05) is 47.8 Å². The van der Waals surface area contributed by atoms with Gasteiger partial charge < -0.3 is 15.1 Å². The largest absolute Gasteiger partial charge is 0.368 e. The zero-order valence-electron chi connectivity index (χ0n) is 20.0. The molecule has 9 heteroatoms. The fourth-order valence-electron chi connectivity index (χ4n) is 4.21. The number of aromatic nitrogens is 2. The maximum Gasteiger partial charge on any atom is 0.269 e. The number of hydrogen-bond acceptors (Lipinski definition) is 8. The lowest BCUT2D eigenvalue weighted by molar-refractivity contribution is -0.384. The number of nitro benzene ring substituents is 1. The van der Waals surface area contributed by atoms with Crippen LogP contribution < -0.4 is 15.1 Å². The van der Waals surface area contributed by atoms with Crippen LogP contribution in [0.15, 0.2) is 77.3 Å². The molecule has 36 heavy (non-hydrogen) atoms. The number of non-ortho nitro benzene ring substituents is 1. The van der Waals surface area contributed by atoms with E-state index in [0.717, 1.165) is 49.1 Å². The molecule has 1 N–H and O–H groups in total. The number of nitro groups is 1. The van der Waals surface area contributed by atoms with Gasteiger partial charge in [0.2, 0.25) is 0 Å². The van der Waals surface area contributed by atoms with E-state index in [1.54, 1.807) is 12.1 Å². The van der Waals surface area contributed by atoms with Crippen LogP contribution in [0.5, 0.6) is 0 Å². The number of nitrogens with zero attached hydrogens (tertiary/aromatic N) is 6. The molecule has 1 saturated heterocycles. The predicted molar refractivity (Wildman–Crippen MR) is 145 cm³/mol. The molecule has 2 aliphatic rings. The van der Waals surface area contributed by atoms with Crippen molar-refractivity contribution in [1.29, 1.82) is 0 Å². The van der Waals surface area contributed by atoms with Gasteiger partial charge in [-0.1, -0.05) is 36.4 Å². The first-order chi connectivity index (χ1) is 17.5. The molecule has 0 bridgehead atoms. The van der Waals surface area contributed by atoms with Crippen molar-refractivity contribution < 1.29 is 4.92 Å². The SMILES string of the molecule is CC1=CC(Nc2cc(N3CCN(c4ccc([N+](=O)[O-])cc4)CC3)nc(/C=C/c3ccccc3)n2)=NC1. The van der Waals surface area contributed by atoms with Gasteiger partial charge in [0, 0.05) is 50.1 Å². The molecule has 2 aliphatic heterocycles. The highest BCUT2D eigenvalue weighted by atomic mass is 16.6. The average Bonchev–Trinajstić information content (AvgIpc) is 3.32. The van der Waals surface area contributed by atoms with Gasteiger partial charge in [0.1, 0.15) is 17.5 Å². The monoisotopic (exact) mass is 481 g/mol. The molecule has 0 radical (unpaired) electrons. The molecule has 5 rings (SSSR count). The third-order valence-electron chi connectivity index (χ3n) is 6.12. The molecule has 0 amide bonds. The van der Waals surface area contributed by atoms with E-state index in [4.69, 9.17) is 9.97 Å². The number of anilines is 3. The Morgan fingerprint density at radius 3 is 2.33 bits per heavy atom. The summed E-state index contributed by atoms with van der Waals surface area (Å²) in [7, 11) is 0. The summed E-state index contributed by atoms with van der Waals surface area (Å²) in [6, 6.07) is 18.8. The lowest BCUT2D eigenvalue weighted by Gasteiger charge is -2.36. The van der Waals surface area contributed by atoms with Gasteiger partial charge in [-0.05, 0) is 42.3 Å². The first-order valence-electron chi connectivity index (χ1n) is 11.9. The summed E-state index contributed by atoms with van der Waals surface area (Å²) < 4.78 is 0. The van der Waals surface area contributed by atoms with Gasteiger partial charge >= 0.3 is 0 Å². The molecule has 0 saturated carbocycles. The van der Waals surface area contributed by atoms with Gasteiger partial charge in [0.15, 0.2) is 5.82 Å². The fraction of sp³-hybridized carbons (Fsp3) is 0.222. The number of amidine groups is 1. The van der Waals surface area contributed by atoms with Crippen LogP contribution in [0.3, 0.4) is 0 Å². The van der Waals surface area contributed by atoms with Gasteiger partial charge in [-0.15, -0.1) is 0 Å². The van der Waals surface area contributed by atoms with Crippen LogP contribution in [0.1, 0.15) is 18.3 Å². The smallest absolute Gasteiger partial charge is 0.269 e. The van der Waals surface area contributed by atoms with E-state index in [-0.39, 0.29) is 10.6 Å². The predicted octanol–water partition coefficient (Wildman–Crippen LogP) is 4.65. The second-order valence-corrected chi connectivity index (χ2v) is 8.78. The van der Waals surface area contributed by atoms with Crippen molar-refractivity contribution in [3.8, 4) is 0 Å². The highest BCUT2D eigenvalue weighted by molar-refractivity contribution is 6.05. The standard InChI is InChI=1S/C27H27N7O2/c1-20-17-25(28-19-20)30-26-18-27(31-24(29-26)12-7-21-5-3-2-4-6-21)33-15-13-32(14-16-33)22-8-10-23(11-9-22)34(35)36/h2-12,17-18H,13-16,19H2,1H3,(H,28,29,30,31)/b12-7+. The lowest BCUT2D eigenvalue weighted by Crippen LogP contribution is -2.46. The Bertz CT molecular complexity index is 1330. The Balaban J connectivity index is 1.34. The van der Waals surface area contributed by atoms with E-state index >= 15 is 0 Å².